The Labute approximate surface area is 320 Å². The summed E-state index contributed by atoms with van der Waals surface area (Å²) in [5.41, 5.74) is 0. The van der Waals surface area contributed by atoms with Crippen molar-refractivity contribution in [2.45, 2.75) is 187 Å². The zero-order chi connectivity index (χ0) is 37.8. The highest BCUT2D eigenvalue weighted by atomic mass is 16.6. The molecule has 5 heteroatoms. The largest absolute Gasteiger partial charge is 0.462 e. The summed E-state index contributed by atoms with van der Waals surface area (Å²) in [6.45, 7) is 3.96. The average molecular weight is 723 g/mol. The molecule has 0 amide bonds. The molecule has 5 nitrogen and oxygen atoms in total. The second kappa shape index (κ2) is 42.5. The van der Waals surface area contributed by atoms with Gasteiger partial charge in [-0.25, -0.2) is 0 Å². The van der Waals surface area contributed by atoms with Gasteiger partial charge in [0.15, 0.2) is 6.10 Å². The van der Waals surface area contributed by atoms with Crippen molar-refractivity contribution in [2.75, 3.05) is 13.2 Å². The highest BCUT2D eigenvalue weighted by Crippen LogP contribution is 2.13. The second-order valence-corrected chi connectivity index (χ2v) is 13.7. The van der Waals surface area contributed by atoms with E-state index in [2.05, 4.69) is 98.9 Å². The zero-order valence-electron chi connectivity index (χ0n) is 33.5. The van der Waals surface area contributed by atoms with Crippen LogP contribution in [-0.2, 0) is 19.1 Å². The Bertz CT molecular complexity index is 999. The van der Waals surface area contributed by atoms with Crippen molar-refractivity contribution in [3.63, 3.8) is 0 Å². The molecular formula is C47H78O5. The number of carbonyl (C=O) groups excluding carboxylic acids is 2. The number of hydrogen-bond donors (Lipinski definition) is 1. The van der Waals surface area contributed by atoms with Crippen molar-refractivity contribution in [3.05, 3.63) is 85.1 Å². The van der Waals surface area contributed by atoms with Gasteiger partial charge in [-0.1, -0.05) is 163 Å². The third kappa shape index (κ3) is 39.9. The molecule has 0 bridgehead atoms. The van der Waals surface area contributed by atoms with Gasteiger partial charge < -0.3 is 14.6 Å². The SMILES string of the molecule is CC/C=C\C/C=C\C/C=C\C/C=C\C/C=C\CCCCCC(=O)OC[C@H](CO)OC(=O)CCCCCCCCCCC/C=C\C/C=C\CCCCC. The molecule has 0 saturated heterocycles. The summed E-state index contributed by atoms with van der Waals surface area (Å²) in [6.07, 6.45) is 57.9. The molecule has 0 aromatic rings. The summed E-state index contributed by atoms with van der Waals surface area (Å²) in [6, 6.07) is 0. The summed E-state index contributed by atoms with van der Waals surface area (Å²) < 4.78 is 10.6. The maximum absolute atomic E-state index is 12.2. The molecule has 0 heterocycles. The first-order chi connectivity index (χ1) is 25.6. The molecule has 52 heavy (non-hydrogen) atoms. The van der Waals surface area contributed by atoms with Crippen LogP contribution in [0.15, 0.2) is 85.1 Å². The predicted molar refractivity (Wildman–Crippen MR) is 223 cm³/mol. The molecule has 1 atom stereocenters. The number of rotatable bonds is 37. The molecular weight excluding hydrogens is 645 g/mol. The minimum Gasteiger partial charge on any atom is -0.462 e. The van der Waals surface area contributed by atoms with Crippen LogP contribution < -0.4 is 0 Å². The molecule has 0 aliphatic carbocycles. The van der Waals surface area contributed by atoms with Gasteiger partial charge >= 0.3 is 11.9 Å². The van der Waals surface area contributed by atoms with Crippen LogP contribution in [0.4, 0.5) is 0 Å². The maximum atomic E-state index is 12.2. The van der Waals surface area contributed by atoms with Crippen LogP contribution in [0, 0.1) is 0 Å². The minimum atomic E-state index is -0.792. The lowest BCUT2D eigenvalue weighted by Gasteiger charge is -2.15. The first-order valence-electron chi connectivity index (χ1n) is 21.1. The molecule has 0 rings (SSSR count). The van der Waals surface area contributed by atoms with Gasteiger partial charge in [0.1, 0.15) is 6.61 Å². The summed E-state index contributed by atoms with van der Waals surface area (Å²) in [5.74, 6) is -0.639. The van der Waals surface area contributed by atoms with Gasteiger partial charge in [-0.2, -0.15) is 0 Å². The number of carbonyl (C=O) groups is 2. The summed E-state index contributed by atoms with van der Waals surface area (Å²) in [5, 5.41) is 9.58. The Kier molecular flexibility index (Phi) is 40.1. The normalized spacial score (nSPS) is 13.1. The van der Waals surface area contributed by atoms with E-state index >= 15 is 0 Å². The van der Waals surface area contributed by atoms with Crippen LogP contribution in [-0.4, -0.2) is 36.4 Å². The lowest BCUT2D eigenvalue weighted by atomic mass is 10.1. The minimum absolute atomic E-state index is 0.0894. The van der Waals surface area contributed by atoms with E-state index in [0.29, 0.717) is 12.8 Å². The topological polar surface area (TPSA) is 72.8 Å². The number of ether oxygens (including phenoxy) is 2. The van der Waals surface area contributed by atoms with Crippen molar-refractivity contribution in [3.8, 4) is 0 Å². The Morgan fingerprint density at radius 3 is 1.27 bits per heavy atom. The van der Waals surface area contributed by atoms with E-state index in [1.165, 1.54) is 70.6 Å². The Morgan fingerprint density at radius 1 is 0.462 bits per heavy atom. The van der Waals surface area contributed by atoms with Crippen molar-refractivity contribution in [2.24, 2.45) is 0 Å². The average Bonchev–Trinajstić information content (AvgIpc) is 3.15. The molecule has 1 N–H and O–H groups in total. The monoisotopic (exact) mass is 723 g/mol. The van der Waals surface area contributed by atoms with E-state index in [0.717, 1.165) is 83.5 Å². The van der Waals surface area contributed by atoms with Crippen molar-refractivity contribution in [1.29, 1.82) is 0 Å². The fraction of sp³-hybridized carbons (Fsp3) is 0.660. The predicted octanol–water partition coefficient (Wildman–Crippen LogP) is 13.5. The lowest BCUT2D eigenvalue weighted by Crippen LogP contribution is -2.28. The van der Waals surface area contributed by atoms with Crippen molar-refractivity contribution < 1.29 is 24.2 Å². The van der Waals surface area contributed by atoms with E-state index in [1.54, 1.807) is 0 Å². The zero-order valence-corrected chi connectivity index (χ0v) is 33.5. The van der Waals surface area contributed by atoms with Gasteiger partial charge in [-0.15, -0.1) is 0 Å². The van der Waals surface area contributed by atoms with Gasteiger partial charge in [0.2, 0.25) is 0 Å². The lowest BCUT2D eigenvalue weighted by molar-refractivity contribution is -0.161. The van der Waals surface area contributed by atoms with E-state index < -0.39 is 6.10 Å². The Balaban J connectivity index is 3.64. The molecule has 0 radical (unpaired) electrons. The fourth-order valence-electron chi connectivity index (χ4n) is 5.49. The summed E-state index contributed by atoms with van der Waals surface area (Å²) in [4.78, 5) is 24.3. The number of allylic oxidation sites excluding steroid dienone is 14. The summed E-state index contributed by atoms with van der Waals surface area (Å²) in [7, 11) is 0. The van der Waals surface area contributed by atoms with Crippen LogP contribution in [0.1, 0.15) is 181 Å². The molecule has 0 aliphatic heterocycles. The fourth-order valence-corrected chi connectivity index (χ4v) is 5.49. The number of aliphatic hydroxyl groups is 1. The van der Waals surface area contributed by atoms with Crippen molar-refractivity contribution >= 4 is 11.9 Å². The third-order valence-electron chi connectivity index (χ3n) is 8.67. The molecule has 0 unspecified atom stereocenters. The van der Waals surface area contributed by atoms with Gasteiger partial charge in [0.25, 0.3) is 0 Å². The van der Waals surface area contributed by atoms with E-state index in [4.69, 9.17) is 9.47 Å². The molecule has 296 valence electrons. The van der Waals surface area contributed by atoms with Gasteiger partial charge in [0, 0.05) is 12.8 Å². The van der Waals surface area contributed by atoms with Crippen molar-refractivity contribution in [1.82, 2.24) is 0 Å². The summed E-state index contributed by atoms with van der Waals surface area (Å²) >= 11 is 0. The van der Waals surface area contributed by atoms with E-state index in [1.807, 2.05) is 0 Å². The quantitative estimate of drug-likeness (QED) is 0.0393. The first-order valence-corrected chi connectivity index (χ1v) is 21.1. The van der Waals surface area contributed by atoms with E-state index in [-0.39, 0.29) is 25.2 Å². The Hall–Kier alpha value is -2.92. The van der Waals surface area contributed by atoms with Crippen LogP contribution >= 0.6 is 0 Å². The van der Waals surface area contributed by atoms with Crippen LogP contribution in [0.25, 0.3) is 0 Å². The highest BCUT2D eigenvalue weighted by molar-refractivity contribution is 5.70. The Morgan fingerprint density at radius 2 is 0.827 bits per heavy atom. The molecule has 0 saturated carbocycles. The van der Waals surface area contributed by atoms with Gasteiger partial charge in [-0.3, -0.25) is 9.59 Å². The first kappa shape index (κ1) is 49.1. The van der Waals surface area contributed by atoms with Crippen LogP contribution in [0.2, 0.25) is 0 Å². The molecule has 0 aromatic heterocycles. The molecule has 0 aliphatic rings. The van der Waals surface area contributed by atoms with Gasteiger partial charge in [-0.05, 0) is 89.9 Å². The molecule has 0 aromatic carbocycles. The van der Waals surface area contributed by atoms with E-state index in [9.17, 15) is 14.7 Å². The highest BCUT2D eigenvalue weighted by Gasteiger charge is 2.16. The molecule has 0 fully saturated rings. The third-order valence-corrected chi connectivity index (χ3v) is 8.67. The maximum Gasteiger partial charge on any atom is 0.306 e. The number of aliphatic hydroxyl groups excluding tert-OH is 1. The number of hydrogen-bond acceptors (Lipinski definition) is 5. The smallest absolute Gasteiger partial charge is 0.306 e. The van der Waals surface area contributed by atoms with Crippen LogP contribution in [0.3, 0.4) is 0 Å². The van der Waals surface area contributed by atoms with Crippen LogP contribution in [0.5, 0.6) is 0 Å². The standard InChI is InChI=1S/C47H78O5/c1-3-5-7-9-11-13-15-17-19-21-23-25-27-29-31-33-35-37-39-41-46(49)51-44-45(43-48)52-47(50)42-40-38-36-34-32-30-28-26-24-22-20-18-16-14-12-10-8-6-4-2/h5,7,11-14,17-20,23,25,29,31,45,48H,3-4,6,8-10,15-16,21-22,24,26-28,30,32-44H2,1-2H3/b7-5-,13-11-,14-12-,19-17-,20-18-,25-23-,31-29-/t45-/m0/s1. The molecule has 0 spiro atoms. The number of esters is 2. The van der Waals surface area contributed by atoms with Gasteiger partial charge in [0.05, 0.1) is 6.61 Å². The second-order valence-electron chi connectivity index (χ2n) is 13.7. The number of unbranched alkanes of at least 4 members (excludes halogenated alkanes) is 15.